The quantitative estimate of drug-likeness (QED) is 0.872. The number of aryl methyl sites for hydroxylation is 1. The first-order valence-electron chi connectivity index (χ1n) is 7.76. The lowest BCUT2D eigenvalue weighted by Gasteiger charge is -2.26. The van der Waals surface area contributed by atoms with Crippen LogP contribution in [0.3, 0.4) is 0 Å². The first-order valence-corrected chi connectivity index (χ1v) is 7.76. The van der Waals surface area contributed by atoms with Gasteiger partial charge in [-0.05, 0) is 38.3 Å². The lowest BCUT2D eigenvalue weighted by Crippen LogP contribution is -2.38. The van der Waals surface area contributed by atoms with Gasteiger partial charge < -0.3 is 9.64 Å². The summed E-state index contributed by atoms with van der Waals surface area (Å²) in [5, 5.41) is 4.42. The molecule has 1 amide bonds. The monoisotopic (exact) mass is 299 g/mol. The van der Waals surface area contributed by atoms with Gasteiger partial charge in [-0.1, -0.05) is 18.2 Å². The van der Waals surface area contributed by atoms with Crippen molar-refractivity contribution in [3.05, 3.63) is 42.1 Å². The maximum Gasteiger partial charge on any atom is 0.260 e. The SMILES string of the molecule is Cc1cn(-c2ccccc2)nc1OCC(=O)N1CCCCC1. The van der Waals surface area contributed by atoms with Crippen LogP contribution in [0.5, 0.6) is 5.88 Å². The zero-order valence-corrected chi connectivity index (χ0v) is 12.9. The van der Waals surface area contributed by atoms with Crippen LogP contribution < -0.4 is 4.74 Å². The number of hydrogen-bond donors (Lipinski definition) is 0. The van der Waals surface area contributed by atoms with E-state index in [9.17, 15) is 4.79 Å². The molecule has 0 radical (unpaired) electrons. The van der Waals surface area contributed by atoms with E-state index in [1.807, 2.05) is 48.4 Å². The van der Waals surface area contributed by atoms with Gasteiger partial charge in [-0.2, -0.15) is 0 Å². The Hall–Kier alpha value is -2.30. The fraction of sp³-hybridized carbons (Fsp3) is 0.412. The number of hydrogen-bond acceptors (Lipinski definition) is 3. The topological polar surface area (TPSA) is 47.4 Å². The van der Waals surface area contributed by atoms with Crippen molar-refractivity contribution in [2.75, 3.05) is 19.7 Å². The summed E-state index contributed by atoms with van der Waals surface area (Å²) >= 11 is 0. The third kappa shape index (κ3) is 3.30. The zero-order chi connectivity index (χ0) is 15.4. The first-order chi connectivity index (χ1) is 10.7. The molecule has 1 fully saturated rings. The lowest BCUT2D eigenvalue weighted by atomic mass is 10.1. The van der Waals surface area contributed by atoms with E-state index in [0.717, 1.165) is 37.2 Å². The maximum absolute atomic E-state index is 12.1. The molecular weight excluding hydrogens is 278 g/mol. The fourth-order valence-corrected chi connectivity index (χ4v) is 2.66. The van der Waals surface area contributed by atoms with Crippen LogP contribution in [0.25, 0.3) is 5.69 Å². The van der Waals surface area contributed by atoms with Gasteiger partial charge in [0.05, 0.1) is 5.69 Å². The molecule has 3 rings (SSSR count). The Balaban J connectivity index is 1.63. The van der Waals surface area contributed by atoms with E-state index in [0.29, 0.717) is 5.88 Å². The molecule has 0 aliphatic carbocycles. The Morgan fingerprint density at radius 3 is 2.64 bits per heavy atom. The van der Waals surface area contributed by atoms with Crippen molar-refractivity contribution >= 4 is 5.91 Å². The van der Waals surface area contributed by atoms with Crippen LogP contribution in [0.15, 0.2) is 36.5 Å². The van der Waals surface area contributed by atoms with Gasteiger partial charge in [0.15, 0.2) is 6.61 Å². The molecule has 22 heavy (non-hydrogen) atoms. The molecule has 2 heterocycles. The Morgan fingerprint density at radius 1 is 1.18 bits per heavy atom. The molecule has 0 atom stereocenters. The van der Waals surface area contributed by atoms with Crippen molar-refractivity contribution in [2.45, 2.75) is 26.2 Å². The van der Waals surface area contributed by atoms with Gasteiger partial charge in [-0.3, -0.25) is 4.79 Å². The third-order valence-corrected chi connectivity index (χ3v) is 3.91. The van der Waals surface area contributed by atoms with Crippen LogP contribution in [0, 0.1) is 6.92 Å². The third-order valence-electron chi connectivity index (χ3n) is 3.91. The summed E-state index contributed by atoms with van der Waals surface area (Å²) in [6, 6.07) is 9.86. The van der Waals surface area contributed by atoms with E-state index >= 15 is 0 Å². The summed E-state index contributed by atoms with van der Waals surface area (Å²) in [6.45, 7) is 3.69. The highest BCUT2D eigenvalue weighted by atomic mass is 16.5. The smallest absolute Gasteiger partial charge is 0.260 e. The molecule has 1 aromatic carbocycles. The number of benzene rings is 1. The highest BCUT2D eigenvalue weighted by molar-refractivity contribution is 5.77. The standard InChI is InChI=1S/C17H21N3O2/c1-14-12-20(15-8-4-2-5-9-15)18-17(14)22-13-16(21)19-10-6-3-7-11-19/h2,4-5,8-9,12H,3,6-7,10-11,13H2,1H3. The number of ether oxygens (including phenoxy) is 1. The van der Waals surface area contributed by atoms with E-state index in [4.69, 9.17) is 4.74 Å². The number of para-hydroxylation sites is 1. The summed E-state index contributed by atoms with van der Waals surface area (Å²) in [4.78, 5) is 14.0. The average molecular weight is 299 g/mol. The molecule has 0 spiro atoms. The molecular formula is C17H21N3O2. The molecule has 2 aromatic rings. The van der Waals surface area contributed by atoms with Crippen molar-refractivity contribution in [3.8, 4) is 11.6 Å². The van der Waals surface area contributed by atoms with Crippen LogP contribution in [0.4, 0.5) is 0 Å². The van der Waals surface area contributed by atoms with Crippen LogP contribution in [0.1, 0.15) is 24.8 Å². The van der Waals surface area contributed by atoms with Crippen molar-refractivity contribution < 1.29 is 9.53 Å². The number of aromatic nitrogens is 2. The molecule has 0 unspecified atom stereocenters. The molecule has 1 saturated heterocycles. The number of piperidine rings is 1. The average Bonchev–Trinajstić information content (AvgIpc) is 2.95. The largest absolute Gasteiger partial charge is 0.466 e. The van der Waals surface area contributed by atoms with Crippen molar-refractivity contribution in [1.82, 2.24) is 14.7 Å². The number of carbonyl (C=O) groups excluding carboxylic acids is 1. The zero-order valence-electron chi connectivity index (χ0n) is 12.9. The van der Waals surface area contributed by atoms with E-state index in [1.165, 1.54) is 6.42 Å². The number of amides is 1. The van der Waals surface area contributed by atoms with Crippen molar-refractivity contribution in [2.24, 2.45) is 0 Å². The van der Waals surface area contributed by atoms with Crippen LogP contribution in [-0.2, 0) is 4.79 Å². The van der Waals surface area contributed by atoms with Gasteiger partial charge in [-0.25, -0.2) is 4.68 Å². The second kappa shape index (κ2) is 6.64. The second-order valence-electron chi connectivity index (χ2n) is 5.63. The molecule has 0 N–H and O–H groups in total. The normalized spacial score (nSPS) is 14.9. The minimum atomic E-state index is 0.0494. The Labute approximate surface area is 130 Å². The van der Waals surface area contributed by atoms with Crippen LogP contribution >= 0.6 is 0 Å². The Kier molecular flexibility index (Phi) is 4.42. The number of carbonyl (C=O) groups is 1. The van der Waals surface area contributed by atoms with Gasteiger partial charge in [0.1, 0.15) is 0 Å². The molecule has 0 saturated carbocycles. The first kappa shape index (κ1) is 14.6. The molecule has 1 aliphatic rings. The fourth-order valence-electron chi connectivity index (χ4n) is 2.66. The van der Waals surface area contributed by atoms with E-state index in [2.05, 4.69) is 5.10 Å². The molecule has 1 aromatic heterocycles. The summed E-state index contributed by atoms with van der Waals surface area (Å²) in [5.74, 6) is 0.572. The summed E-state index contributed by atoms with van der Waals surface area (Å²) in [6.07, 6.45) is 5.31. The minimum absolute atomic E-state index is 0.0494. The Bertz CT molecular complexity index is 631. The minimum Gasteiger partial charge on any atom is -0.466 e. The van der Waals surface area contributed by atoms with Gasteiger partial charge in [0.25, 0.3) is 5.91 Å². The summed E-state index contributed by atoms with van der Waals surface area (Å²) in [7, 11) is 0. The van der Waals surface area contributed by atoms with Crippen LogP contribution in [0.2, 0.25) is 0 Å². The lowest BCUT2D eigenvalue weighted by molar-refractivity contribution is -0.134. The molecule has 116 valence electrons. The number of likely N-dealkylation sites (tertiary alicyclic amines) is 1. The Morgan fingerprint density at radius 2 is 1.91 bits per heavy atom. The highest BCUT2D eigenvalue weighted by Crippen LogP contribution is 2.18. The van der Waals surface area contributed by atoms with Crippen molar-refractivity contribution in [1.29, 1.82) is 0 Å². The predicted octanol–water partition coefficient (Wildman–Crippen LogP) is 2.57. The predicted molar refractivity (Wildman–Crippen MR) is 84.2 cm³/mol. The van der Waals surface area contributed by atoms with Crippen molar-refractivity contribution in [3.63, 3.8) is 0 Å². The highest BCUT2D eigenvalue weighted by Gasteiger charge is 2.18. The molecule has 1 aliphatic heterocycles. The van der Waals surface area contributed by atoms with E-state index in [-0.39, 0.29) is 12.5 Å². The number of nitrogens with zero attached hydrogens (tertiary/aromatic N) is 3. The molecule has 5 heteroatoms. The van der Waals surface area contributed by atoms with Gasteiger partial charge in [0.2, 0.25) is 5.88 Å². The van der Waals surface area contributed by atoms with Gasteiger partial charge in [0, 0.05) is 24.8 Å². The molecule has 5 nitrogen and oxygen atoms in total. The van der Waals surface area contributed by atoms with Gasteiger partial charge in [-0.15, -0.1) is 5.10 Å². The van der Waals surface area contributed by atoms with E-state index < -0.39 is 0 Å². The number of rotatable bonds is 4. The maximum atomic E-state index is 12.1. The summed E-state index contributed by atoms with van der Waals surface area (Å²) < 4.78 is 7.40. The van der Waals surface area contributed by atoms with Gasteiger partial charge >= 0.3 is 0 Å². The van der Waals surface area contributed by atoms with Crippen LogP contribution in [-0.4, -0.2) is 40.3 Å². The van der Waals surface area contributed by atoms with E-state index in [1.54, 1.807) is 4.68 Å². The second-order valence-corrected chi connectivity index (χ2v) is 5.63. The summed E-state index contributed by atoms with van der Waals surface area (Å²) in [5.41, 5.74) is 1.90. The molecule has 0 bridgehead atoms.